The minimum atomic E-state index is -1.14. The van der Waals surface area contributed by atoms with Crippen molar-refractivity contribution in [3.63, 3.8) is 0 Å². The Hall–Kier alpha value is 0.790. The Morgan fingerprint density at radius 1 is 0.895 bits per heavy atom. The van der Waals surface area contributed by atoms with Crippen molar-refractivity contribution in [1.82, 2.24) is 9.80 Å². The van der Waals surface area contributed by atoms with Gasteiger partial charge in [0.15, 0.2) is 0 Å². The van der Waals surface area contributed by atoms with Gasteiger partial charge in [-0.05, 0) is 0 Å². The van der Waals surface area contributed by atoms with Crippen molar-refractivity contribution in [3.8, 4) is 0 Å². The summed E-state index contributed by atoms with van der Waals surface area (Å²) in [5, 5.41) is 0. The molecule has 0 aliphatic heterocycles. The van der Waals surface area contributed by atoms with Crippen molar-refractivity contribution in [3.05, 3.63) is 0 Å². The molecule has 0 radical (unpaired) electrons. The van der Waals surface area contributed by atoms with Gasteiger partial charge >= 0.3 is 130 Å². The van der Waals surface area contributed by atoms with Gasteiger partial charge in [0.25, 0.3) is 0 Å². The van der Waals surface area contributed by atoms with Gasteiger partial charge in [-0.2, -0.15) is 0 Å². The fourth-order valence-corrected chi connectivity index (χ4v) is 10.2. The number of rotatable bonds is 12. The van der Waals surface area contributed by atoms with Gasteiger partial charge in [-0.15, -0.1) is 0 Å². The molecule has 2 nitrogen and oxygen atoms in total. The molecule has 0 aromatic rings. The van der Waals surface area contributed by atoms with E-state index in [-0.39, 0.29) is 0 Å². The topological polar surface area (TPSA) is 6.48 Å². The Bertz CT molecular complexity index is 197. The van der Waals surface area contributed by atoms with Gasteiger partial charge in [0.2, 0.25) is 0 Å². The molecule has 0 saturated heterocycles. The van der Waals surface area contributed by atoms with Gasteiger partial charge in [0.1, 0.15) is 0 Å². The van der Waals surface area contributed by atoms with Crippen LogP contribution in [-0.4, -0.2) is 70.5 Å². The number of hydrogen-bond donors (Lipinski definition) is 0. The number of nitrogens with zero attached hydrogens (tertiary/aromatic N) is 2. The summed E-state index contributed by atoms with van der Waals surface area (Å²) in [5.74, 6) is 0. The number of hydrogen-bond acceptors (Lipinski definition) is 2. The van der Waals surface area contributed by atoms with Gasteiger partial charge in [-0.25, -0.2) is 0 Å². The van der Waals surface area contributed by atoms with Gasteiger partial charge in [-0.1, -0.05) is 0 Å². The van der Waals surface area contributed by atoms with Crippen LogP contribution in [0.5, 0.6) is 0 Å². The van der Waals surface area contributed by atoms with E-state index in [1.165, 1.54) is 39.0 Å². The summed E-state index contributed by atoms with van der Waals surface area (Å²) < 4.78 is 4.80. The summed E-state index contributed by atoms with van der Waals surface area (Å²) in [6.45, 7) is 16.7. The van der Waals surface area contributed by atoms with Crippen molar-refractivity contribution in [2.75, 3.05) is 33.2 Å². The fraction of sp³-hybridized carbons (Fsp3) is 1.00. The molecular formula is C16H37InN2. The first-order valence-corrected chi connectivity index (χ1v) is 15.5. The molecule has 19 heavy (non-hydrogen) atoms. The molecule has 0 rings (SSSR count). The van der Waals surface area contributed by atoms with Crippen LogP contribution >= 0.6 is 0 Å². The van der Waals surface area contributed by atoms with Crippen LogP contribution in [0.25, 0.3) is 0 Å². The quantitative estimate of drug-likeness (QED) is 0.512. The van der Waals surface area contributed by atoms with Crippen LogP contribution in [0.1, 0.15) is 47.5 Å². The standard InChI is InChI=1S/C8H18N.C6H14N.C2H5.In/c1-5-7-9(6-2)8(3)4;1-4-6-7(3)5-2;1-2;/h8H,1,5-7H2,2-4H3;1,4-6H2,2-3H3;1H2,2H3;. The summed E-state index contributed by atoms with van der Waals surface area (Å²) in [7, 11) is 2.25. The first kappa shape index (κ1) is 19.8. The molecular weight excluding hydrogens is 335 g/mol. The molecule has 0 aromatic heterocycles. The van der Waals surface area contributed by atoms with Gasteiger partial charge < -0.3 is 0 Å². The molecule has 0 bridgehead atoms. The summed E-state index contributed by atoms with van der Waals surface area (Å²) in [5.41, 5.74) is 0. The van der Waals surface area contributed by atoms with Crippen LogP contribution in [0.15, 0.2) is 0 Å². The maximum absolute atomic E-state index is 2.61. The average Bonchev–Trinajstić information content (AvgIpc) is 2.40. The van der Waals surface area contributed by atoms with Crippen molar-refractivity contribution in [2.24, 2.45) is 0 Å². The SMILES string of the molecule is CCN(C)CC[CH2][In]([CH2]C)[CH2]CCN(CC)C(C)C. The summed E-state index contributed by atoms with van der Waals surface area (Å²) in [4.78, 5) is 5.07. The van der Waals surface area contributed by atoms with Crippen molar-refractivity contribution in [2.45, 2.75) is 66.0 Å². The van der Waals surface area contributed by atoms with Crippen LogP contribution in [0.4, 0.5) is 0 Å². The molecule has 0 saturated carbocycles. The average molecular weight is 372 g/mol. The monoisotopic (exact) mass is 372 g/mol. The summed E-state index contributed by atoms with van der Waals surface area (Å²) in [6, 6.07) is 0.721. The predicted octanol–water partition coefficient (Wildman–Crippen LogP) is 3.96. The molecule has 0 aliphatic carbocycles. The Morgan fingerprint density at radius 2 is 1.47 bits per heavy atom. The minimum absolute atomic E-state index is 0.721. The third-order valence-electron chi connectivity index (χ3n) is 4.46. The van der Waals surface area contributed by atoms with Gasteiger partial charge in [0.05, 0.1) is 0 Å². The van der Waals surface area contributed by atoms with E-state index in [1.807, 2.05) is 0 Å². The Balaban J connectivity index is 3.75. The maximum atomic E-state index is 2.61. The molecule has 0 heterocycles. The van der Waals surface area contributed by atoms with Crippen LogP contribution in [-0.2, 0) is 0 Å². The first-order valence-electron chi connectivity index (χ1n) is 8.47. The molecule has 114 valence electrons. The normalized spacial score (nSPS) is 11.8. The van der Waals surface area contributed by atoms with E-state index < -0.39 is 21.4 Å². The van der Waals surface area contributed by atoms with E-state index in [1.54, 1.807) is 12.5 Å². The van der Waals surface area contributed by atoms with Crippen LogP contribution in [0.2, 0.25) is 12.5 Å². The zero-order valence-electron chi connectivity index (χ0n) is 14.4. The van der Waals surface area contributed by atoms with Crippen molar-refractivity contribution < 1.29 is 0 Å². The zero-order chi connectivity index (χ0) is 14.7. The second-order valence-electron chi connectivity index (χ2n) is 6.18. The van der Waals surface area contributed by atoms with E-state index >= 15 is 0 Å². The van der Waals surface area contributed by atoms with Gasteiger partial charge in [-0.3, -0.25) is 0 Å². The molecule has 0 aromatic carbocycles. The van der Waals surface area contributed by atoms with E-state index in [0.29, 0.717) is 0 Å². The second kappa shape index (κ2) is 12.5. The molecule has 0 spiro atoms. The molecule has 0 fully saturated rings. The summed E-state index contributed by atoms with van der Waals surface area (Å²) >= 11 is -1.14. The molecule has 0 amide bonds. The predicted molar refractivity (Wildman–Crippen MR) is 90.6 cm³/mol. The Kier molecular flexibility index (Phi) is 13.0. The zero-order valence-corrected chi connectivity index (χ0v) is 17.7. The molecule has 0 N–H and O–H groups in total. The Morgan fingerprint density at radius 3 is 1.89 bits per heavy atom. The molecule has 0 aliphatic rings. The molecule has 3 heteroatoms. The van der Waals surface area contributed by atoms with Crippen molar-refractivity contribution >= 4 is 21.4 Å². The van der Waals surface area contributed by atoms with Crippen LogP contribution in [0.3, 0.4) is 0 Å². The first-order chi connectivity index (χ1) is 9.04. The summed E-state index contributed by atoms with van der Waals surface area (Å²) in [6.07, 6.45) is 2.92. The van der Waals surface area contributed by atoms with E-state index in [4.69, 9.17) is 0 Å². The van der Waals surface area contributed by atoms with Gasteiger partial charge in [0, 0.05) is 0 Å². The Labute approximate surface area is 130 Å². The fourth-order valence-electron chi connectivity index (χ4n) is 2.73. The van der Waals surface area contributed by atoms with Crippen LogP contribution < -0.4 is 0 Å². The third kappa shape index (κ3) is 10.2. The van der Waals surface area contributed by atoms with E-state index in [9.17, 15) is 0 Å². The molecule has 0 atom stereocenters. The van der Waals surface area contributed by atoms with Crippen molar-refractivity contribution in [1.29, 1.82) is 0 Å². The van der Waals surface area contributed by atoms with E-state index in [2.05, 4.69) is 51.5 Å². The van der Waals surface area contributed by atoms with E-state index in [0.717, 1.165) is 6.04 Å². The molecule has 0 unspecified atom stereocenters. The third-order valence-corrected chi connectivity index (χ3v) is 14.8. The second-order valence-corrected chi connectivity index (χ2v) is 16.7. The van der Waals surface area contributed by atoms with Crippen LogP contribution in [0, 0.1) is 0 Å².